The molecule has 4 rings (SSSR count). The Bertz CT molecular complexity index is 1320. The first-order valence-corrected chi connectivity index (χ1v) is 12.4. The Labute approximate surface area is 209 Å². The number of halogens is 1. The van der Waals surface area contributed by atoms with E-state index in [4.69, 9.17) is 9.47 Å². The molecule has 0 aliphatic heterocycles. The molecule has 3 aromatic heterocycles. The van der Waals surface area contributed by atoms with Crippen molar-refractivity contribution in [3.05, 3.63) is 62.9 Å². The molecule has 184 valence electrons. The first kappa shape index (κ1) is 24.7. The summed E-state index contributed by atoms with van der Waals surface area (Å²) >= 11 is 2.84. The van der Waals surface area contributed by atoms with Crippen LogP contribution in [0.5, 0.6) is 0 Å². The summed E-state index contributed by atoms with van der Waals surface area (Å²) in [5.74, 6) is -0.0197. The summed E-state index contributed by atoms with van der Waals surface area (Å²) in [6, 6.07) is 6.50. The second-order valence-corrected chi connectivity index (χ2v) is 9.43. The molecule has 0 saturated carbocycles. The summed E-state index contributed by atoms with van der Waals surface area (Å²) in [7, 11) is 1.61. The quantitative estimate of drug-likeness (QED) is 0.322. The summed E-state index contributed by atoms with van der Waals surface area (Å²) in [4.78, 5) is 16.2. The van der Waals surface area contributed by atoms with Gasteiger partial charge in [-0.2, -0.15) is 5.10 Å². The number of hydrogen-bond donors (Lipinski definition) is 2. The molecule has 0 radical (unpaired) electrons. The van der Waals surface area contributed by atoms with Crippen molar-refractivity contribution in [3.8, 4) is 0 Å². The van der Waals surface area contributed by atoms with E-state index >= 15 is 0 Å². The lowest BCUT2D eigenvalue weighted by Gasteiger charge is -2.22. The number of aromatic nitrogens is 5. The number of anilines is 3. The van der Waals surface area contributed by atoms with Gasteiger partial charge in [0.05, 0.1) is 18.8 Å². The van der Waals surface area contributed by atoms with Crippen LogP contribution in [0.25, 0.3) is 0 Å². The SMILES string of the molecule is CCOC(=O)Nc1cccc(Cn2ccc(Nc3nnc(C(C)(OC)c4nc(C)cs4)s3)n2)c1F. The van der Waals surface area contributed by atoms with Gasteiger partial charge in [0.15, 0.2) is 22.2 Å². The smallest absolute Gasteiger partial charge is 0.411 e. The fraction of sp³-hybridized carbons (Fsp3) is 0.318. The van der Waals surface area contributed by atoms with Gasteiger partial charge in [0, 0.05) is 36.0 Å². The molecule has 1 amide bonds. The minimum atomic E-state index is -0.810. The van der Waals surface area contributed by atoms with Gasteiger partial charge in [0.25, 0.3) is 0 Å². The van der Waals surface area contributed by atoms with E-state index in [1.807, 2.05) is 19.2 Å². The number of methoxy groups -OCH3 is 1. The molecule has 0 spiro atoms. The van der Waals surface area contributed by atoms with Crippen molar-refractivity contribution in [2.24, 2.45) is 0 Å². The maximum Gasteiger partial charge on any atom is 0.411 e. The average molecular weight is 518 g/mol. The van der Waals surface area contributed by atoms with Gasteiger partial charge in [-0.05, 0) is 26.8 Å². The van der Waals surface area contributed by atoms with Gasteiger partial charge in [0.1, 0.15) is 5.01 Å². The number of ether oxygens (including phenoxy) is 2. The minimum Gasteiger partial charge on any atom is -0.450 e. The summed E-state index contributed by atoms with van der Waals surface area (Å²) in [5, 5.41) is 22.4. The predicted octanol–water partition coefficient (Wildman–Crippen LogP) is 4.91. The fourth-order valence-electron chi connectivity index (χ4n) is 3.18. The highest BCUT2D eigenvalue weighted by molar-refractivity contribution is 7.15. The second-order valence-electron chi connectivity index (χ2n) is 7.59. The number of amides is 1. The van der Waals surface area contributed by atoms with Crippen LogP contribution in [0.1, 0.15) is 35.1 Å². The van der Waals surface area contributed by atoms with Gasteiger partial charge < -0.3 is 14.8 Å². The van der Waals surface area contributed by atoms with Crippen LogP contribution in [-0.4, -0.2) is 44.8 Å². The zero-order valence-corrected chi connectivity index (χ0v) is 21.2. The molecule has 0 fully saturated rings. The Morgan fingerprint density at radius 2 is 2.09 bits per heavy atom. The number of carbonyl (C=O) groups is 1. The molecule has 3 heterocycles. The van der Waals surface area contributed by atoms with Crippen LogP contribution >= 0.6 is 22.7 Å². The number of benzene rings is 1. The molecule has 1 atom stereocenters. The van der Waals surface area contributed by atoms with Crippen molar-refractivity contribution in [2.75, 3.05) is 24.4 Å². The lowest BCUT2D eigenvalue weighted by molar-refractivity contribution is 0.0380. The molecule has 1 aromatic carbocycles. The first-order valence-electron chi connectivity index (χ1n) is 10.7. The lowest BCUT2D eigenvalue weighted by atomic mass is 10.1. The largest absolute Gasteiger partial charge is 0.450 e. The summed E-state index contributed by atoms with van der Waals surface area (Å²) in [5.41, 5.74) is 0.516. The molecular formula is C22H24FN7O3S2. The van der Waals surface area contributed by atoms with Gasteiger partial charge in [-0.3, -0.25) is 10.00 Å². The molecule has 4 aromatic rings. The Kier molecular flexibility index (Phi) is 7.38. The van der Waals surface area contributed by atoms with Crippen molar-refractivity contribution in [1.29, 1.82) is 0 Å². The second kappa shape index (κ2) is 10.5. The van der Waals surface area contributed by atoms with E-state index < -0.39 is 17.5 Å². The predicted molar refractivity (Wildman–Crippen MR) is 132 cm³/mol. The lowest BCUT2D eigenvalue weighted by Crippen LogP contribution is -2.25. The Morgan fingerprint density at radius 3 is 2.80 bits per heavy atom. The number of carbonyl (C=O) groups excluding carboxylic acids is 1. The van der Waals surface area contributed by atoms with E-state index in [0.717, 1.165) is 10.7 Å². The third kappa shape index (κ3) is 5.47. The maximum atomic E-state index is 14.8. The van der Waals surface area contributed by atoms with Crippen molar-refractivity contribution in [2.45, 2.75) is 32.9 Å². The minimum absolute atomic E-state index is 0.0458. The van der Waals surface area contributed by atoms with E-state index in [0.29, 0.717) is 21.5 Å². The summed E-state index contributed by atoms with van der Waals surface area (Å²) in [6.07, 6.45) is 1.01. The number of rotatable bonds is 9. The highest BCUT2D eigenvalue weighted by Crippen LogP contribution is 2.37. The Morgan fingerprint density at radius 1 is 1.26 bits per heavy atom. The van der Waals surface area contributed by atoms with Gasteiger partial charge in [-0.15, -0.1) is 21.5 Å². The van der Waals surface area contributed by atoms with Crippen molar-refractivity contribution in [3.63, 3.8) is 0 Å². The van der Waals surface area contributed by atoms with Crippen LogP contribution in [0.15, 0.2) is 35.8 Å². The van der Waals surface area contributed by atoms with Crippen molar-refractivity contribution < 1.29 is 18.7 Å². The van der Waals surface area contributed by atoms with Crippen molar-refractivity contribution >= 4 is 45.4 Å². The van der Waals surface area contributed by atoms with E-state index in [1.165, 1.54) is 28.7 Å². The Balaban J connectivity index is 1.45. The highest BCUT2D eigenvalue weighted by atomic mass is 32.1. The molecule has 10 nitrogen and oxygen atoms in total. The molecular weight excluding hydrogens is 493 g/mol. The van der Waals surface area contributed by atoms with Crippen LogP contribution in [0.4, 0.5) is 25.8 Å². The topological polar surface area (TPSA) is 116 Å². The number of aryl methyl sites for hydroxylation is 1. The summed E-state index contributed by atoms with van der Waals surface area (Å²) < 4.78 is 27.0. The van der Waals surface area contributed by atoms with E-state index in [2.05, 4.69) is 30.9 Å². The Hall–Kier alpha value is -3.42. The molecule has 0 aliphatic carbocycles. The van der Waals surface area contributed by atoms with Crippen LogP contribution in [-0.2, 0) is 21.6 Å². The molecule has 13 heteroatoms. The molecule has 2 N–H and O–H groups in total. The van der Waals surface area contributed by atoms with Crippen LogP contribution in [0, 0.1) is 12.7 Å². The third-order valence-corrected chi connectivity index (χ3v) is 7.27. The van der Waals surface area contributed by atoms with Crippen LogP contribution < -0.4 is 10.6 Å². The number of thiazole rings is 1. The summed E-state index contributed by atoms with van der Waals surface area (Å²) in [6.45, 7) is 5.87. The molecule has 0 aliphatic rings. The van der Waals surface area contributed by atoms with E-state index in [-0.39, 0.29) is 18.8 Å². The third-order valence-electron chi connectivity index (χ3n) is 5.07. The van der Waals surface area contributed by atoms with Gasteiger partial charge >= 0.3 is 6.09 Å². The van der Waals surface area contributed by atoms with E-state index in [9.17, 15) is 9.18 Å². The zero-order chi connectivity index (χ0) is 25.0. The molecule has 0 saturated heterocycles. The zero-order valence-electron chi connectivity index (χ0n) is 19.5. The van der Waals surface area contributed by atoms with Crippen LogP contribution in [0.2, 0.25) is 0 Å². The monoisotopic (exact) mass is 517 g/mol. The average Bonchev–Trinajstić information content (AvgIpc) is 3.59. The van der Waals surface area contributed by atoms with Gasteiger partial charge in [-0.25, -0.2) is 14.2 Å². The van der Waals surface area contributed by atoms with Gasteiger partial charge in [0.2, 0.25) is 5.13 Å². The van der Waals surface area contributed by atoms with E-state index in [1.54, 1.807) is 43.1 Å². The highest BCUT2D eigenvalue weighted by Gasteiger charge is 2.36. The standard InChI is InChI=1S/C22H24FN7O3S2/c1-5-33-21(31)25-15-8-6-7-14(17(15)23)11-30-10-9-16(29-30)26-20-28-27-19(35-20)22(3,32-4)18-24-13(2)12-34-18/h6-10,12H,5,11H2,1-4H3,(H,25,31)(H,26,28,29). The number of hydrogen-bond acceptors (Lipinski definition) is 10. The maximum absolute atomic E-state index is 14.8. The molecule has 0 bridgehead atoms. The number of nitrogens with one attached hydrogen (secondary N) is 2. The normalized spacial score (nSPS) is 12.8. The molecule has 35 heavy (non-hydrogen) atoms. The van der Waals surface area contributed by atoms with Crippen LogP contribution in [0.3, 0.4) is 0 Å². The van der Waals surface area contributed by atoms with Gasteiger partial charge in [-0.1, -0.05) is 23.5 Å². The first-order chi connectivity index (χ1) is 16.8. The van der Waals surface area contributed by atoms with Crippen molar-refractivity contribution in [1.82, 2.24) is 25.0 Å². The number of nitrogens with zero attached hydrogens (tertiary/aromatic N) is 5. The fourth-order valence-corrected chi connectivity index (χ4v) is 5.06. The molecule has 1 unspecified atom stereocenters.